The lowest BCUT2D eigenvalue weighted by Gasteiger charge is -2.16. The van der Waals surface area contributed by atoms with Crippen LogP contribution in [0, 0.1) is 26.6 Å². The number of aryl methyl sites for hydroxylation is 3. The molecule has 0 radical (unpaired) electrons. The lowest BCUT2D eigenvalue weighted by molar-refractivity contribution is 0.214. The Morgan fingerprint density at radius 3 is 2.33 bits per heavy atom. The molecule has 0 aliphatic heterocycles. The standard InChI is InChI=1S/C16H17FO/c1-10-5-4-6-13(8-10)16(18)15-12(3)7-11(2)9-14(15)17/h4-9,16,18H,1-3H3. The molecule has 0 saturated heterocycles. The minimum Gasteiger partial charge on any atom is -0.384 e. The SMILES string of the molecule is Cc1cccc(C(O)c2c(C)cc(C)cc2F)c1. The molecule has 0 aliphatic carbocycles. The van der Waals surface area contributed by atoms with E-state index in [0.717, 1.165) is 22.3 Å². The van der Waals surface area contributed by atoms with Gasteiger partial charge in [0.1, 0.15) is 11.9 Å². The fourth-order valence-corrected chi connectivity index (χ4v) is 2.28. The molecule has 2 aromatic carbocycles. The number of hydrogen-bond donors (Lipinski definition) is 1. The molecule has 0 fully saturated rings. The minimum atomic E-state index is -0.912. The van der Waals surface area contributed by atoms with Crippen LogP contribution in [0.15, 0.2) is 36.4 Å². The average molecular weight is 244 g/mol. The Balaban J connectivity index is 2.49. The molecule has 1 N–H and O–H groups in total. The number of benzene rings is 2. The summed E-state index contributed by atoms with van der Waals surface area (Å²) in [4.78, 5) is 0. The van der Waals surface area contributed by atoms with E-state index in [1.807, 2.05) is 51.1 Å². The van der Waals surface area contributed by atoms with Gasteiger partial charge in [-0.3, -0.25) is 0 Å². The molecule has 94 valence electrons. The van der Waals surface area contributed by atoms with Gasteiger partial charge in [-0.25, -0.2) is 4.39 Å². The average Bonchev–Trinajstić information content (AvgIpc) is 2.27. The van der Waals surface area contributed by atoms with Crippen molar-refractivity contribution >= 4 is 0 Å². The molecule has 0 heterocycles. The largest absolute Gasteiger partial charge is 0.384 e. The quantitative estimate of drug-likeness (QED) is 0.851. The maximum absolute atomic E-state index is 14.0. The molecule has 0 amide bonds. The van der Waals surface area contributed by atoms with Crippen molar-refractivity contribution < 1.29 is 9.50 Å². The van der Waals surface area contributed by atoms with Crippen LogP contribution in [0.3, 0.4) is 0 Å². The number of aliphatic hydroxyl groups excluding tert-OH is 1. The first-order chi connectivity index (χ1) is 8.49. The van der Waals surface area contributed by atoms with Crippen LogP contribution in [-0.2, 0) is 0 Å². The van der Waals surface area contributed by atoms with Gasteiger partial charge < -0.3 is 5.11 Å². The van der Waals surface area contributed by atoms with E-state index >= 15 is 0 Å². The van der Waals surface area contributed by atoms with E-state index in [1.54, 1.807) is 0 Å². The molecule has 2 aromatic rings. The molecule has 2 rings (SSSR count). The number of halogens is 1. The summed E-state index contributed by atoms with van der Waals surface area (Å²) in [7, 11) is 0. The van der Waals surface area contributed by atoms with Crippen molar-refractivity contribution in [2.45, 2.75) is 26.9 Å². The summed E-state index contributed by atoms with van der Waals surface area (Å²) in [5.41, 5.74) is 3.79. The summed E-state index contributed by atoms with van der Waals surface area (Å²) in [5, 5.41) is 10.3. The Bertz CT molecular complexity index is 552. The van der Waals surface area contributed by atoms with E-state index in [2.05, 4.69) is 0 Å². The van der Waals surface area contributed by atoms with Gasteiger partial charge in [0.05, 0.1) is 0 Å². The Hall–Kier alpha value is -1.67. The smallest absolute Gasteiger partial charge is 0.129 e. The Morgan fingerprint density at radius 1 is 1.00 bits per heavy atom. The first-order valence-electron chi connectivity index (χ1n) is 6.00. The third-order valence-corrected chi connectivity index (χ3v) is 3.11. The van der Waals surface area contributed by atoms with Crippen LogP contribution >= 0.6 is 0 Å². The predicted octanol–water partition coefficient (Wildman–Crippen LogP) is 3.83. The normalized spacial score (nSPS) is 12.5. The van der Waals surface area contributed by atoms with Gasteiger partial charge in [0.2, 0.25) is 0 Å². The number of hydrogen-bond acceptors (Lipinski definition) is 1. The van der Waals surface area contributed by atoms with E-state index in [4.69, 9.17) is 0 Å². The van der Waals surface area contributed by atoms with Crippen molar-refractivity contribution in [1.29, 1.82) is 0 Å². The van der Waals surface area contributed by atoms with Gasteiger partial charge in [-0.2, -0.15) is 0 Å². The van der Waals surface area contributed by atoms with Crippen LogP contribution in [0.4, 0.5) is 4.39 Å². The van der Waals surface area contributed by atoms with Gasteiger partial charge in [0.25, 0.3) is 0 Å². The van der Waals surface area contributed by atoms with Crippen LogP contribution in [0.2, 0.25) is 0 Å². The molecule has 1 nitrogen and oxygen atoms in total. The first-order valence-corrected chi connectivity index (χ1v) is 6.00. The van der Waals surface area contributed by atoms with Gasteiger partial charge in [-0.1, -0.05) is 35.9 Å². The first kappa shape index (κ1) is 12.8. The Morgan fingerprint density at radius 2 is 1.72 bits per heavy atom. The number of aliphatic hydroxyl groups is 1. The Labute approximate surface area is 107 Å². The van der Waals surface area contributed by atoms with Crippen LogP contribution in [0.1, 0.15) is 33.9 Å². The van der Waals surface area contributed by atoms with E-state index in [-0.39, 0.29) is 5.82 Å². The maximum atomic E-state index is 14.0. The highest BCUT2D eigenvalue weighted by Crippen LogP contribution is 2.28. The second-order valence-corrected chi connectivity index (χ2v) is 4.79. The molecule has 0 aliphatic rings. The van der Waals surface area contributed by atoms with E-state index in [1.165, 1.54) is 6.07 Å². The zero-order chi connectivity index (χ0) is 13.3. The molecule has 1 unspecified atom stereocenters. The molecule has 0 bridgehead atoms. The molecule has 18 heavy (non-hydrogen) atoms. The van der Waals surface area contributed by atoms with Gasteiger partial charge in [0.15, 0.2) is 0 Å². The fraction of sp³-hybridized carbons (Fsp3) is 0.250. The predicted molar refractivity (Wildman–Crippen MR) is 71.1 cm³/mol. The van der Waals surface area contributed by atoms with Crippen molar-refractivity contribution in [2.24, 2.45) is 0 Å². The summed E-state index contributed by atoms with van der Waals surface area (Å²) in [6.07, 6.45) is -0.912. The molecular formula is C16H17FO. The zero-order valence-corrected chi connectivity index (χ0v) is 10.9. The highest BCUT2D eigenvalue weighted by molar-refractivity contribution is 5.39. The Kier molecular flexibility index (Phi) is 3.48. The highest BCUT2D eigenvalue weighted by Gasteiger charge is 2.17. The van der Waals surface area contributed by atoms with E-state index in [0.29, 0.717) is 5.56 Å². The van der Waals surface area contributed by atoms with Crippen molar-refractivity contribution in [3.8, 4) is 0 Å². The van der Waals surface area contributed by atoms with E-state index < -0.39 is 6.10 Å². The monoisotopic (exact) mass is 244 g/mol. The number of rotatable bonds is 2. The molecule has 0 spiro atoms. The van der Waals surface area contributed by atoms with Crippen molar-refractivity contribution in [3.63, 3.8) is 0 Å². The van der Waals surface area contributed by atoms with Gasteiger partial charge in [-0.15, -0.1) is 0 Å². The zero-order valence-electron chi connectivity index (χ0n) is 10.9. The second-order valence-electron chi connectivity index (χ2n) is 4.79. The fourth-order valence-electron chi connectivity index (χ4n) is 2.28. The topological polar surface area (TPSA) is 20.2 Å². The van der Waals surface area contributed by atoms with Gasteiger partial charge in [-0.05, 0) is 43.5 Å². The molecule has 2 heteroatoms. The third-order valence-electron chi connectivity index (χ3n) is 3.11. The van der Waals surface area contributed by atoms with Crippen LogP contribution in [0.25, 0.3) is 0 Å². The maximum Gasteiger partial charge on any atom is 0.129 e. The summed E-state index contributed by atoms with van der Waals surface area (Å²) >= 11 is 0. The van der Waals surface area contributed by atoms with E-state index in [9.17, 15) is 9.50 Å². The van der Waals surface area contributed by atoms with Gasteiger partial charge >= 0.3 is 0 Å². The summed E-state index contributed by atoms with van der Waals surface area (Å²) in [5.74, 6) is -0.346. The summed E-state index contributed by atoms with van der Waals surface area (Å²) in [6.45, 7) is 5.62. The van der Waals surface area contributed by atoms with Crippen LogP contribution in [0.5, 0.6) is 0 Å². The van der Waals surface area contributed by atoms with Crippen molar-refractivity contribution in [3.05, 3.63) is 70.0 Å². The molecule has 1 atom stereocenters. The lowest BCUT2D eigenvalue weighted by atomic mass is 9.95. The molecular weight excluding hydrogens is 227 g/mol. The van der Waals surface area contributed by atoms with Crippen LogP contribution in [-0.4, -0.2) is 5.11 Å². The summed E-state index contributed by atoms with van der Waals surface area (Å²) in [6, 6.07) is 10.9. The second kappa shape index (κ2) is 4.91. The minimum absolute atomic E-state index is 0.346. The molecule has 0 saturated carbocycles. The lowest BCUT2D eigenvalue weighted by Crippen LogP contribution is -2.06. The van der Waals surface area contributed by atoms with Gasteiger partial charge in [0, 0.05) is 5.56 Å². The van der Waals surface area contributed by atoms with Crippen molar-refractivity contribution in [1.82, 2.24) is 0 Å². The van der Waals surface area contributed by atoms with Crippen molar-refractivity contribution in [2.75, 3.05) is 0 Å². The summed E-state index contributed by atoms with van der Waals surface area (Å²) < 4.78 is 14.0. The van der Waals surface area contributed by atoms with Crippen LogP contribution < -0.4 is 0 Å². The highest BCUT2D eigenvalue weighted by atomic mass is 19.1. The molecule has 0 aromatic heterocycles. The third kappa shape index (κ3) is 2.44.